The number of amides is 1. The van der Waals surface area contributed by atoms with E-state index >= 15 is 0 Å². The molecule has 1 amide bonds. The standard InChI is InChI=1S/C26H28N6OS/c33-25(30-15-11-27-12-16-30)23-17-21-22(34-23)10-9-19-18-28-26(29-24(19)21)32(20-7-3-1-4-8-20)31-13-5-2-6-14-31/h1,3-4,7-10,17-18,27H,2,5-6,11-16H2. The second-order valence-corrected chi connectivity index (χ2v) is 9.98. The highest BCUT2D eigenvalue weighted by Gasteiger charge is 2.24. The Morgan fingerprint density at radius 2 is 1.76 bits per heavy atom. The molecule has 0 saturated carbocycles. The van der Waals surface area contributed by atoms with Gasteiger partial charge < -0.3 is 10.2 Å². The van der Waals surface area contributed by atoms with Crippen molar-refractivity contribution in [1.82, 2.24) is 25.2 Å². The molecule has 4 heterocycles. The molecule has 2 fully saturated rings. The van der Waals surface area contributed by atoms with Crippen LogP contribution in [0.15, 0.2) is 54.7 Å². The van der Waals surface area contributed by atoms with Crippen LogP contribution in [0.5, 0.6) is 0 Å². The second kappa shape index (κ2) is 9.29. The number of aromatic nitrogens is 2. The fourth-order valence-corrected chi connectivity index (χ4v) is 5.91. The minimum Gasteiger partial charge on any atom is -0.335 e. The monoisotopic (exact) mass is 472 g/mol. The zero-order chi connectivity index (χ0) is 22.9. The molecule has 4 aromatic rings. The van der Waals surface area contributed by atoms with Crippen LogP contribution in [-0.4, -0.2) is 65.1 Å². The third-order valence-corrected chi connectivity index (χ3v) is 7.74. The number of benzene rings is 2. The number of nitrogens with zero attached hydrogens (tertiary/aromatic N) is 5. The van der Waals surface area contributed by atoms with Crippen LogP contribution in [0.25, 0.3) is 21.0 Å². The normalized spacial score (nSPS) is 17.4. The number of hydrogen-bond acceptors (Lipinski definition) is 7. The van der Waals surface area contributed by atoms with Crippen LogP contribution < -0.4 is 10.3 Å². The minimum absolute atomic E-state index is 0.115. The molecule has 2 aliphatic heterocycles. The number of carbonyl (C=O) groups is 1. The lowest BCUT2D eigenvalue weighted by molar-refractivity contribution is 0.0741. The van der Waals surface area contributed by atoms with Gasteiger partial charge in [0.1, 0.15) is 0 Å². The van der Waals surface area contributed by atoms with Crippen LogP contribution in [0.3, 0.4) is 0 Å². The van der Waals surface area contributed by atoms with E-state index in [4.69, 9.17) is 9.97 Å². The first-order valence-electron chi connectivity index (χ1n) is 12.1. The number of nitrogens with one attached hydrogen (secondary N) is 1. The summed E-state index contributed by atoms with van der Waals surface area (Å²) >= 11 is 1.56. The summed E-state index contributed by atoms with van der Waals surface area (Å²) in [4.78, 5) is 25.7. The summed E-state index contributed by atoms with van der Waals surface area (Å²) in [5, 5.41) is 9.84. The number of anilines is 2. The third kappa shape index (κ3) is 4.02. The smallest absolute Gasteiger partial charge is 0.264 e. The molecule has 0 atom stereocenters. The number of piperidine rings is 1. The van der Waals surface area contributed by atoms with Crippen LogP contribution in [-0.2, 0) is 0 Å². The van der Waals surface area contributed by atoms with Gasteiger partial charge in [-0.3, -0.25) is 4.79 Å². The Morgan fingerprint density at radius 1 is 0.971 bits per heavy atom. The highest BCUT2D eigenvalue weighted by molar-refractivity contribution is 7.21. The summed E-state index contributed by atoms with van der Waals surface area (Å²) < 4.78 is 1.08. The van der Waals surface area contributed by atoms with Crippen molar-refractivity contribution in [2.75, 3.05) is 44.3 Å². The van der Waals surface area contributed by atoms with Crippen molar-refractivity contribution in [3.8, 4) is 0 Å². The summed E-state index contributed by atoms with van der Waals surface area (Å²) in [5.41, 5.74) is 1.96. The van der Waals surface area contributed by atoms with E-state index in [1.165, 1.54) is 19.3 Å². The van der Waals surface area contributed by atoms with Crippen molar-refractivity contribution in [2.24, 2.45) is 0 Å². The second-order valence-electron chi connectivity index (χ2n) is 8.90. The molecule has 174 valence electrons. The molecule has 0 aliphatic carbocycles. The minimum atomic E-state index is 0.115. The Balaban J connectivity index is 1.43. The highest BCUT2D eigenvalue weighted by Crippen LogP contribution is 2.34. The summed E-state index contributed by atoms with van der Waals surface area (Å²) in [7, 11) is 0. The van der Waals surface area contributed by atoms with Gasteiger partial charge in [0.2, 0.25) is 5.95 Å². The van der Waals surface area contributed by atoms with E-state index in [1.807, 2.05) is 23.2 Å². The largest absolute Gasteiger partial charge is 0.335 e. The quantitative estimate of drug-likeness (QED) is 0.474. The van der Waals surface area contributed by atoms with Crippen LogP contribution in [0, 0.1) is 0 Å². The zero-order valence-corrected chi connectivity index (χ0v) is 19.9. The van der Waals surface area contributed by atoms with Gasteiger partial charge in [0.05, 0.1) is 16.1 Å². The van der Waals surface area contributed by atoms with E-state index < -0.39 is 0 Å². The van der Waals surface area contributed by atoms with Crippen LogP contribution in [0.1, 0.15) is 28.9 Å². The molecule has 1 N–H and O–H groups in total. The number of hydrogen-bond donors (Lipinski definition) is 1. The first-order chi connectivity index (χ1) is 16.8. The molecule has 8 heteroatoms. The Bertz CT molecular complexity index is 1310. The average molecular weight is 473 g/mol. The molecule has 0 radical (unpaired) electrons. The number of rotatable bonds is 4. The maximum absolute atomic E-state index is 13.1. The number of carbonyl (C=O) groups excluding carboxylic acids is 1. The Kier molecular flexibility index (Phi) is 5.86. The summed E-state index contributed by atoms with van der Waals surface area (Å²) in [6.45, 7) is 5.18. The van der Waals surface area contributed by atoms with Crippen molar-refractivity contribution in [3.63, 3.8) is 0 Å². The number of para-hydroxylation sites is 1. The first-order valence-corrected chi connectivity index (χ1v) is 12.9. The molecule has 0 bridgehead atoms. The fourth-order valence-electron chi connectivity index (χ4n) is 4.88. The van der Waals surface area contributed by atoms with Crippen molar-refractivity contribution in [1.29, 1.82) is 0 Å². The Hall–Kier alpha value is -3.07. The van der Waals surface area contributed by atoms with Gasteiger partial charge in [-0.25, -0.2) is 20.0 Å². The number of fused-ring (bicyclic) bond motifs is 3. The molecule has 2 aromatic heterocycles. The summed E-state index contributed by atoms with van der Waals surface area (Å²) in [5.74, 6) is 0.790. The van der Waals surface area contributed by atoms with Crippen LogP contribution >= 0.6 is 11.3 Å². The van der Waals surface area contributed by atoms with Crippen LogP contribution in [0.4, 0.5) is 11.6 Å². The van der Waals surface area contributed by atoms with Crippen molar-refractivity contribution in [3.05, 3.63) is 59.6 Å². The lowest BCUT2D eigenvalue weighted by Crippen LogP contribution is -2.46. The van der Waals surface area contributed by atoms with E-state index in [2.05, 4.69) is 51.7 Å². The van der Waals surface area contributed by atoms with E-state index in [0.29, 0.717) is 5.95 Å². The first kappa shape index (κ1) is 21.5. The number of piperazine rings is 1. The summed E-state index contributed by atoms with van der Waals surface area (Å²) in [6.07, 6.45) is 5.51. The van der Waals surface area contributed by atoms with E-state index in [9.17, 15) is 4.79 Å². The Labute approximate surface area is 203 Å². The van der Waals surface area contributed by atoms with Crippen LogP contribution in [0.2, 0.25) is 0 Å². The zero-order valence-electron chi connectivity index (χ0n) is 19.1. The molecule has 6 rings (SSSR count). The third-order valence-electron chi connectivity index (χ3n) is 6.66. The van der Waals surface area contributed by atoms with Crippen molar-refractivity contribution in [2.45, 2.75) is 19.3 Å². The molecular formula is C26H28N6OS. The van der Waals surface area contributed by atoms with Gasteiger partial charge in [-0.15, -0.1) is 11.3 Å². The van der Waals surface area contributed by atoms with Gasteiger partial charge in [-0.05, 0) is 43.2 Å². The van der Waals surface area contributed by atoms with Gasteiger partial charge in [-0.2, -0.15) is 0 Å². The maximum atomic E-state index is 13.1. The highest BCUT2D eigenvalue weighted by atomic mass is 32.1. The van der Waals surface area contributed by atoms with Crippen molar-refractivity contribution >= 4 is 49.9 Å². The SMILES string of the molecule is O=C(c1cc2c(ccc3cnc(N(c4ccccc4)N4CCCCC4)nc32)s1)N1CCNCC1. The van der Waals surface area contributed by atoms with E-state index in [-0.39, 0.29) is 5.91 Å². The lowest BCUT2D eigenvalue weighted by atomic mass is 10.1. The maximum Gasteiger partial charge on any atom is 0.264 e. The summed E-state index contributed by atoms with van der Waals surface area (Å²) in [6, 6.07) is 16.5. The molecule has 2 aliphatic rings. The molecule has 2 saturated heterocycles. The van der Waals surface area contributed by atoms with E-state index in [0.717, 1.165) is 70.8 Å². The van der Waals surface area contributed by atoms with Crippen molar-refractivity contribution < 1.29 is 4.79 Å². The average Bonchev–Trinajstić information content (AvgIpc) is 3.35. The topological polar surface area (TPSA) is 64.6 Å². The fraction of sp³-hybridized carbons (Fsp3) is 0.346. The van der Waals surface area contributed by atoms with Gasteiger partial charge in [0, 0.05) is 60.9 Å². The molecular weight excluding hydrogens is 444 g/mol. The molecule has 34 heavy (non-hydrogen) atoms. The molecule has 7 nitrogen and oxygen atoms in total. The number of thiophene rings is 1. The number of hydrazine groups is 1. The van der Waals surface area contributed by atoms with Gasteiger partial charge in [0.15, 0.2) is 0 Å². The van der Waals surface area contributed by atoms with E-state index in [1.54, 1.807) is 11.3 Å². The van der Waals surface area contributed by atoms with Gasteiger partial charge >= 0.3 is 0 Å². The molecule has 0 unspecified atom stereocenters. The predicted molar refractivity (Wildman–Crippen MR) is 138 cm³/mol. The molecule has 2 aromatic carbocycles. The van der Waals surface area contributed by atoms with Gasteiger partial charge in [-0.1, -0.05) is 24.6 Å². The molecule has 0 spiro atoms. The predicted octanol–water partition coefficient (Wildman–Crippen LogP) is 4.43. The lowest BCUT2D eigenvalue weighted by Gasteiger charge is -2.37. The Morgan fingerprint density at radius 3 is 2.56 bits per heavy atom. The van der Waals surface area contributed by atoms with Gasteiger partial charge in [0.25, 0.3) is 5.91 Å².